The monoisotopic (exact) mass is 476 g/mol. The summed E-state index contributed by atoms with van der Waals surface area (Å²) in [4.78, 5) is 36.4. The highest BCUT2D eigenvalue weighted by Crippen LogP contribution is 2.18. The van der Waals surface area contributed by atoms with Crippen LogP contribution in [0.1, 0.15) is 34.0 Å². The van der Waals surface area contributed by atoms with Gasteiger partial charge in [-0.3, -0.25) is 9.59 Å². The summed E-state index contributed by atoms with van der Waals surface area (Å²) in [5, 5.41) is 5.66. The Labute approximate surface area is 204 Å². The molecular weight excluding hydrogens is 448 g/mol. The molecule has 2 amide bonds. The van der Waals surface area contributed by atoms with E-state index in [1.54, 1.807) is 31.2 Å². The molecule has 0 aromatic heterocycles. The van der Waals surface area contributed by atoms with Crippen molar-refractivity contribution in [3.63, 3.8) is 0 Å². The van der Waals surface area contributed by atoms with E-state index in [0.29, 0.717) is 17.0 Å². The molecule has 8 nitrogen and oxygen atoms in total. The van der Waals surface area contributed by atoms with Crippen molar-refractivity contribution in [1.29, 1.82) is 0 Å². The average Bonchev–Trinajstić information content (AvgIpc) is 2.84. The van der Waals surface area contributed by atoms with Gasteiger partial charge >= 0.3 is 6.16 Å². The van der Waals surface area contributed by atoms with Gasteiger partial charge in [0, 0.05) is 17.8 Å². The Morgan fingerprint density at radius 3 is 2.29 bits per heavy atom. The molecule has 0 aliphatic heterocycles. The first-order chi connectivity index (χ1) is 16.9. The predicted octanol–water partition coefficient (Wildman–Crippen LogP) is 4.79. The van der Waals surface area contributed by atoms with E-state index >= 15 is 0 Å². The highest BCUT2D eigenvalue weighted by molar-refractivity contribution is 5.95. The number of anilines is 1. The molecule has 35 heavy (non-hydrogen) atoms. The lowest BCUT2D eigenvalue weighted by molar-refractivity contribution is -0.118. The molecule has 0 unspecified atom stereocenters. The van der Waals surface area contributed by atoms with Crippen LogP contribution in [0.25, 0.3) is 0 Å². The number of hydrogen-bond donors (Lipinski definition) is 2. The van der Waals surface area contributed by atoms with Gasteiger partial charge in [-0.15, -0.1) is 0 Å². The first kappa shape index (κ1) is 25.3. The second-order valence-electron chi connectivity index (χ2n) is 7.73. The molecule has 0 saturated carbocycles. The number of ether oxygens (including phenoxy) is 3. The van der Waals surface area contributed by atoms with Crippen LogP contribution < -0.4 is 20.1 Å². The number of rotatable bonds is 9. The van der Waals surface area contributed by atoms with Crippen molar-refractivity contribution < 1.29 is 28.6 Å². The van der Waals surface area contributed by atoms with Crippen LogP contribution in [-0.4, -0.2) is 31.2 Å². The zero-order valence-electron chi connectivity index (χ0n) is 19.9. The highest BCUT2D eigenvalue weighted by Gasteiger charge is 2.11. The van der Waals surface area contributed by atoms with Crippen LogP contribution in [0, 0.1) is 13.8 Å². The minimum atomic E-state index is -0.803. The maximum Gasteiger partial charge on any atom is 0.513 e. The molecule has 3 aromatic carbocycles. The van der Waals surface area contributed by atoms with Crippen molar-refractivity contribution in [1.82, 2.24) is 5.32 Å². The normalized spacial score (nSPS) is 10.3. The molecule has 0 saturated heterocycles. The summed E-state index contributed by atoms with van der Waals surface area (Å²) < 4.78 is 15.3. The Bertz CT molecular complexity index is 1190. The minimum absolute atomic E-state index is 0.136. The topological polar surface area (TPSA) is 103 Å². The summed E-state index contributed by atoms with van der Waals surface area (Å²) in [6.07, 6.45) is -0.803. The van der Waals surface area contributed by atoms with E-state index in [4.69, 9.17) is 14.2 Å². The summed E-state index contributed by atoms with van der Waals surface area (Å²) >= 11 is 0. The molecule has 0 bridgehead atoms. The van der Waals surface area contributed by atoms with E-state index in [0.717, 1.165) is 16.7 Å². The molecule has 0 aliphatic carbocycles. The highest BCUT2D eigenvalue weighted by atomic mass is 16.7. The fourth-order valence-corrected chi connectivity index (χ4v) is 3.13. The van der Waals surface area contributed by atoms with E-state index in [1.807, 2.05) is 44.2 Å². The first-order valence-corrected chi connectivity index (χ1v) is 11.2. The van der Waals surface area contributed by atoms with Gasteiger partial charge in [-0.2, -0.15) is 0 Å². The van der Waals surface area contributed by atoms with E-state index in [9.17, 15) is 14.4 Å². The lowest BCUT2D eigenvalue weighted by Crippen LogP contribution is -2.25. The molecule has 0 atom stereocenters. The van der Waals surface area contributed by atoms with Gasteiger partial charge in [-0.1, -0.05) is 24.3 Å². The third-order valence-electron chi connectivity index (χ3n) is 5.16. The predicted molar refractivity (Wildman–Crippen MR) is 132 cm³/mol. The molecule has 3 rings (SSSR count). The number of carbonyl (C=O) groups excluding carboxylic acids is 3. The van der Waals surface area contributed by atoms with Crippen LogP contribution in [0.4, 0.5) is 10.5 Å². The van der Waals surface area contributed by atoms with E-state index in [1.165, 1.54) is 12.1 Å². The quantitative estimate of drug-likeness (QED) is 0.340. The average molecular weight is 477 g/mol. The first-order valence-electron chi connectivity index (χ1n) is 11.2. The molecule has 3 aromatic rings. The third-order valence-corrected chi connectivity index (χ3v) is 5.16. The summed E-state index contributed by atoms with van der Waals surface area (Å²) in [5.74, 6) is 0.282. The smallest absolute Gasteiger partial charge is 0.484 e. The van der Waals surface area contributed by atoms with Crippen LogP contribution in [0.2, 0.25) is 0 Å². The Morgan fingerprint density at radius 1 is 0.857 bits per heavy atom. The lowest BCUT2D eigenvalue weighted by Gasteiger charge is -2.13. The van der Waals surface area contributed by atoms with Crippen LogP contribution in [0.5, 0.6) is 11.5 Å². The van der Waals surface area contributed by atoms with Crippen molar-refractivity contribution >= 4 is 23.7 Å². The van der Waals surface area contributed by atoms with Gasteiger partial charge in [-0.05, 0) is 79.9 Å². The van der Waals surface area contributed by atoms with Crippen molar-refractivity contribution in [3.8, 4) is 11.5 Å². The number of hydrogen-bond acceptors (Lipinski definition) is 6. The molecule has 0 fully saturated rings. The summed E-state index contributed by atoms with van der Waals surface area (Å²) in [5.41, 5.74) is 3.95. The van der Waals surface area contributed by atoms with Gasteiger partial charge < -0.3 is 24.8 Å². The Morgan fingerprint density at radius 2 is 1.57 bits per heavy atom. The standard InChI is InChI=1S/C27H28N2O6/c1-4-33-27(32)35-22-13-10-20(11-14-22)26(31)28-16-21-7-5-6-8-24(21)29-25(30)17-34-23-12-9-18(2)19(3)15-23/h5-15H,4,16-17H2,1-3H3,(H,28,31)(H,29,30). The second kappa shape index (κ2) is 12.2. The van der Waals surface area contributed by atoms with E-state index in [2.05, 4.69) is 10.6 Å². The molecular formula is C27H28N2O6. The molecule has 0 heterocycles. The van der Waals surface area contributed by atoms with Gasteiger partial charge in [0.05, 0.1) is 6.61 Å². The maximum atomic E-state index is 12.5. The number of nitrogens with one attached hydrogen (secondary N) is 2. The maximum absolute atomic E-state index is 12.5. The van der Waals surface area contributed by atoms with Crippen LogP contribution in [-0.2, 0) is 16.1 Å². The Hall–Kier alpha value is -4.33. The minimum Gasteiger partial charge on any atom is -0.484 e. The van der Waals surface area contributed by atoms with Crippen molar-refractivity contribution in [2.24, 2.45) is 0 Å². The zero-order valence-corrected chi connectivity index (χ0v) is 19.9. The van der Waals surface area contributed by atoms with Crippen molar-refractivity contribution in [2.45, 2.75) is 27.3 Å². The molecule has 8 heteroatoms. The second-order valence-corrected chi connectivity index (χ2v) is 7.73. The number of para-hydroxylation sites is 1. The summed E-state index contributed by atoms with van der Waals surface area (Å²) in [6.45, 7) is 5.95. The van der Waals surface area contributed by atoms with Gasteiger partial charge in [0.15, 0.2) is 6.61 Å². The van der Waals surface area contributed by atoms with Crippen LogP contribution in [0.3, 0.4) is 0 Å². The Kier molecular flexibility index (Phi) is 8.83. The van der Waals surface area contributed by atoms with Gasteiger partial charge in [0.25, 0.3) is 11.8 Å². The van der Waals surface area contributed by atoms with Crippen molar-refractivity contribution in [3.05, 3.63) is 89.0 Å². The lowest BCUT2D eigenvalue weighted by atomic mass is 10.1. The van der Waals surface area contributed by atoms with E-state index in [-0.39, 0.29) is 37.3 Å². The summed E-state index contributed by atoms with van der Waals surface area (Å²) in [7, 11) is 0. The largest absolute Gasteiger partial charge is 0.513 e. The van der Waals surface area contributed by atoms with Gasteiger partial charge in [0.2, 0.25) is 0 Å². The molecule has 0 aliphatic rings. The van der Waals surface area contributed by atoms with E-state index < -0.39 is 6.16 Å². The molecule has 0 radical (unpaired) electrons. The fourth-order valence-electron chi connectivity index (χ4n) is 3.13. The van der Waals surface area contributed by atoms with Crippen molar-refractivity contribution in [2.75, 3.05) is 18.5 Å². The molecule has 182 valence electrons. The molecule has 0 spiro atoms. The third kappa shape index (κ3) is 7.60. The SMILES string of the molecule is CCOC(=O)Oc1ccc(C(=O)NCc2ccccc2NC(=O)COc2ccc(C)c(C)c2)cc1. The summed E-state index contributed by atoms with van der Waals surface area (Å²) in [6, 6.07) is 19.0. The van der Waals surface area contributed by atoms with Gasteiger partial charge in [0.1, 0.15) is 11.5 Å². The van der Waals surface area contributed by atoms with Crippen LogP contribution in [0.15, 0.2) is 66.7 Å². The van der Waals surface area contributed by atoms with Crippen LogP contribution >= 0.6 is 0 Å². The molecule has 2 N–H and O–H groups in total. The fraction of sp³-hybridized carbons (Fsp3) is 0.222. The Balaban J connectivity index is 1.54. The zero-order chi connectivity index (χ0) is 25.2. The number of benzene rings is 3. The number of amides is 2. The van der Waals surface area contributed by atoms with Gasteiger partial charge in [-0.25, -0.2) is 4.79 Å². The number of carbonyl (C=O) groups is 3. The number of aryl methyl sites for hydroxylation is 2.